The first-order chi connectivity index (χ1) is 9.92. The maximum atomic E-state index is 11.8. The summed E-state index contributed by atoms with van der Waals surface area (Å²) >= 11 is 0. The monoisotopic (exact) mass is 311 g/mol. The summed E-state index contributed by atoms with van der Waals surface area (Å²) in [4.78, 5) is 11.8. The van der Waals surface area contributed by atoms with Crippen molar-refractivity contribution in [1.82, 2.24) is 5.32 Å². The fourth-order valence-corrected chi connectivity index (χ4v) is 2.92. The first-order valence-corrected chi connectivity index (χ1v) is 8.90. The number of rotatable bonds is 6. The first-order valence-electron chi connectivity index (χ1n) is 7.01. The molecular weight excluding hydrogens is 290 g/mol. The Labute approximate surface area is 125 Å². The highest BCUT2D eigenvalue weighted by Gasteiger charge is 2.15. The Morgan fingerprint density at radius 2 is 1.95 bits per heavy atom. The molecule has 2 rings (SSSR count). The van der Waals surface area contributed by atoms with E-state index < -0.39 is 10.0 Å². The van der Waals surface area contributed by atoms with Gasteiger partial charge in [-0.3, -0.25) is 9.52 Å². The van der Waals surface area contributed by atoms with Gasteiger partial charge in [-0.25, -0.2) is 8.42 Å². The molecule has 1 fully saturated rings. The molecule has 0 aliphatic carbocycles. The van der Waals surface area contributed by atoms with Gasteiger partial charge in [0.15, 0.2) is 0 Å². The molecule has 1 unspecified atom stereocenters. The van der Waals surface area contributed by atoms with Crippen LogP contribution in [0.4, 0.5) is 11.4 Å². The second kappa shape index (κ2) is 6.91. The zero-order valence-corrected chi connectivity index (χ0v) is 12.9. The molecular formula is C14H21N3O3S. The fraction of sp³-hybridized carbons (Fsp3) is 0.500. The number of sulfonamides is 1. The van der Waals surface area contributed by atoms with Gasteiger partial charge in [-0.2, -0.15) is 0 Å². The molecule has 0 radical (unpaired) electrons. The number of hydrogen-bond donors (Lipinski definition) is 3. The highest BCUT2D eigenvalue weighted by atomic mass is 32.2. The van der Waals surface area contributed by atoms with E-state index in [0.29, 0.717) is 23.7 Å². The number of benzene rings is 1. The lowest BCUT2D eigenvalue weighted by atomic mass is 10.0. The molecule has 116 valence electrons. The van der Waals surface area contributed by atoms with Gasteiger partial charge in [0.2, 0.25) is 15.9 Å². The van der Waals surface area contributed by atoms with Crippen LogP contribution >= 0.6 is 0 Å². The molecule has 0 bridgehead atoms. The standard InChI is InChI=1S/C14H21N3O3S/c1-21(19,20)17-13-5-3-12(4-6-13)16-14(18)7-2-11-8-9-15-10-11/h3-6,11,15,17H,2,7-10H2,1H3,(H,16,18). The molecule has 1 amide bonds. The molecule has 0 saturated carbocycles. The number of anilines is 2. The van der Waals surface area contributed by atoms with E-state index in [1.165, 1.54) is 0 Å². The normalized spacial score (nSPS) is 18.4. The van der Waals surface area contributed by atoms with E-state index in [-0.39, 0.29) is 5.91 Å². The van der Waals surface area contributed by atoms with Crippen LogP contribution < -0.4 is 15.4 Å². The minimum Gasteiger partial charge on any atom is -0.326 e. The lowest BCUT2D eigenvalue weighted by molar-refractivity contribution is -0.116. The zero-order chi connectivity index (χ0) is 15.3. The minimum atomic E-state index is -3.27. The topological polar surface area (TPSA) is 87.3 Å². The molecule has 7 heteroatoms. The van der Waals surface area contributed by atoms with Crippen LogP contribution in [0.25, 0.3) is 0 Å². The second-order valence-corrected chi connectivity index (χ2v) is 7.15. The van der Waals surface area contributed by atoms with Crippen molar-refractivity contribution in [2.45, 2.75) is 19.3 Å². The molecule has 0 spiro atoms. The largest absolute Gasteiger partial charge is 0.326 e. The lowest BCUT2D eigenvalue weighted by Gasteiger charge is -2.09. The van der Waals surface area contributed by atoms with Crippen LogP contribution in [0.5, 0.6) is 0 Å². The maximum Gasteiger partial charge on any atom is 0.229 e. The second-order valence-electron chi connectivity index (χ2n) is 5.40. The van der Waals surface area contributed by atoms with Gasteiger partial charge in [0.05, 0.1) is 6.26 Å². The summed E-state index contributed by atoms with van der Waals surface area (Å²) in [5.41, 5.74) is 1.15. The Balaban J connectivity index is 1.80. The Hall–Kier alpha value is -1.60. The maximum absolute atomic E-state index is 11.8. The van der Waals surface area contributed by atoms with Crippen LogP contribution in [0.15, 0.2) is 24.3 Å². The van der Waals surface area contributed by atoms with Crippen LogP contribution in [-0.4, -0.2) is 33.7 Å². The van der Waals surface area contributed by atoms with E-state index in [0.717, 1.165) is 32.2 Å². The summed E-state index contributed by atoms with van der Waals surface area (Å²) in [5, 5.41) is 6.10. The smallest absolute Gasteiger partial charge is 0.229 e. The van der Waals surface area contributed by atoms with Gasteiger partial charge in [-0.15, -0.1) is 0 Å². The van der Waals surface area contributed by atoms with Crippen LogP contribution in [0.2, 0.25) is 0 Å². The summed E-state index contributed by atoms with van der Waals surface area (Å²) in [6, 6.07) is 6.61. The highest BCUT2D eigenvalue weighted by Crippen LogP contribution is 2.17. The zero-order valence-electron chi connectivity index (χ0n) is 12.1. The molecule has 21 heavy (non-hydrogen) atoms. The van der Waals surface area contributed by atoms with Crippen molar-refractivity contribution in [2.75, 3.05) is 29.4 Å². The molecule has 1 aromatic rings. The molecule has 1 heterocycles. The summed E-state index contributed by atoms with van der Waals surface area (Å²) < 4.78 is 24.6. The van der Waals surface area contributed by atoms with Crippen molar-refractivity contribution in [3.63, 3.8) is 0 Å². The third kappa shape index (κ3) is 5.73. The average molecular weight is 311 g/mol. The van der Waals surface area contributed by atoms with Gasteiger partial charge in [0.25, 0.3) is 0 Å². The molecule has 6 nitrogen and oxygen atoms in total. The molecule has 1 aliphatic heterocycles. The Bertz CT molecular complexity index is 578. The van der Waals surface area contributed by atoms with Gasteiger partial charge in [-0.1, -0.05) is 0 Å². The van der Waals surface area contributed by atoms with Crippen LogP contribution in [-0.2, 0) is 14.8 Å². The summed E-state index contributed by atoms with van der Waals surface area (Å²) in [7, 11) is -3.27. The highest BCUT2D eigenvalue weighted by molar-refractivity contribution is 7.92. The van der Waals surface area contributed by atoms with Gasteiger partial charge in [0.1, 0.15) is 0 Å². The van der Waals surface area contributed by atoms with E-state index in [1.54, 1.807) is 24.3 Å². The first kappa shape index (κ1) is 15.8. The minimum absolute atomic E-state index is 0.00859. The Kier molecular flexibility index (Phi) is 5.19. The van der Waals surface area contributed by atoms with Crippen molar-refractivity contribution in [1.29, 1.82) is 0 Å². The van der Waals surface area contributed by atoms with E-state index in [2.05, 4.69) is 15.4 Å². The predicted octanol–water partition coefficient (Wildman–Crippen LogP) is 1.39. The molecule has 1 aliphatic rings. The Morgan fingerprint density at radius 1 is 1.29 bits per heavy atom. The van der Waals surface area contributed by atoms with Crippen molar-refractivity contribution < 1.29 is 13.2 Å². The van der Waals surface area contributed by atoms with Gasteiger partial charge >= 0.3 is 0 Å². The predicted molar refractivity (Wildman–Crippen MR) is 83.7 cm³/mol. The summed E-state index contributed by atoms with van der Waals surface area (Å²) in [6.07, 6.45) is 3.64. The van der Waals surface area contributed by atoms with E-state index in [1.807, 2.05) is 0 Å². The van der Waals surface area contributed by atoms with Crippen LogP contribution in [0.3, 0.4) is 0 Å². The van der Waals surface area contributed by atoms with Crippen molar-refractivity contribution in [3.05, 3.63) is 24.3 Å². The number of carbonyl (C=O) groups is 1. The number of amides is 1. The van der Waals surface area contributed by atoms with E-state index >= 15 is 0 Å². The van der Waals surface area contributed by atoms with Crippen LogP contribution in [0.1, 0.15) is 19.3 Å². The van der Waals surface area contributed by atoms with Crippen molar-refractivity contribution in [3.8, 4) is 0 Å². The molecule has 0 aromatic heterocycles. The Morgan fingerprint density at radius 3 is 2.52 bits per heavy atom. The molecule has 1 atom stereocenters. The third-order valence-electron chi connectivity index (χ3n) is 3.41. The van der Waals surface area contributed by atoms with Gasteiger partial charge in [0, 0.05) is 17.8 Å². The van der Waals surface area contributed by atoms with E-state index in [9.17, 15) is 13.2 Å². The van der Waals surface area contributed by atoms with Gasteiger partial charge < -0.3 is 10.6 Å². The summed E-state index contributed by atoms with van der Waals surface area (Å²) in [5.74, 6) is 0.586. The SMILES string of the molecule is CS(=O)(=O)Nc1ccc(NC(=O)CCC2CCNC2)cc1. The number of nitrogens with one attached hydrogen (secondary N) is 3. The van der Waals surface area contributed by atoms with E-state index in [4.69, 9.17) is 0 Å². The van der Waals surface area contributed by atoms with Crippen molar-refractivity contribution in [2.24, 2.45) is 5.92 Å². The molecule has 3 N–H and O–H groups in total. The average Bonchev–Trinajstić information content (AvgIpc) is 2.90. The number of hydrogen-bond acceptors (Lipinski definition) is 4. The summed E-state index contributed by atoms with van der Waals surface area (Å²) in [6.45, 7) is 2.04. The molecule has 1 saturated heterocycles. The van der Waals surface area contributed by atoms with Gasteiger partial charge in [-0.05, 0) is 56.1 Å². The van der Waals surface area contributed by atoms with Crippen LogP contribution in [0, 0.1) is 5.92 Å². The van der Waals surface area contributed by atoms with Crippen molar-refractivity contribution >= 4 is 27.3 Å². The number of carbonyl (C=O) groups excluding carboxylic acids is 1. The fourth-order valence-electron chi connectivity index (χ4n) is 2.36. The third-order valence-corrected chi connectivity index (χ3v) is 4.02. The lowest BCUT2D eigenvalue weighted by Crippen LogP contribution is -2.15. The quantitative estimate of drug-likeness (QED) is 0.741. The molecule has 1 aromatic carbocycles.